The van der Waals surface area contributed by atoms with Gasteiger partial charge in [0.15, 0.2) is 0 Å². The van der Waals surface area contributed by atoms with Crippen LogP contribution in [-0.2, 0) is 6.54 Å². The third-order valence-electron chi connectivity index (χ3n) is 1.88. The Labute approximate surface area is 107 Å². The largest absolute Gasteiger partial charge is 0.330 e. The maximum absolute atomic E-state index is 5.41. The van der Waals surface area contributed by atoms with Crippen LogP contribution in [0.15, 0.2) is 22.7 Å². The van der Waals surface area contributed by atoms with E-state index in [4.69, 9.17) is 5.73 Å². The third-order valence-corrected chi connectivity index (χ3v) is 3.43. The van der Waals surface area contributed by atoms with Gasteiger partial charge < -0.3 is 11.1 Å². The van der Waals surface area contributed by atoms with E-state index >= 15 is 0 Å². The average molecular weight is 369 g/mol. The van der Waals surface area contributed by atoms with E-state index in [2.05, 4.69) is 62.0 Å². The van der Waals surface area contributed by atoms with Crippen LogP contribution in [0.1, 0.15) is 12.0 Å². The summed E-state index contributed by atoms with van der Waals surface area (Å²) in [6, 6.07) is 6.33. The van der Waals surface area contributed by atoms with Crippen molar-refractivity contribution in [2.75, 3.05) is 13.1 Å². The van der Waals surface area contributed by atoms with Crippen LogP contribution in [0.4, 0.5) is 0 Å². The Morgan fingerprint density at radius 2 is 2.21 bits per heavy atom. The molecule has 0 atom stereocenters. The van der Waals surface area contributed by atoms with Crippen molar-refractivity contribution in [1.29, 1.82) is 0 Å². The molecule has 1 rings (SSSR count). The van der Waals surface area contributed by atoms with Crippen LogP contribution in [0.2, 0.25) is 0 Å². The van der Waals surface area contributed by atoms with Gasteiger partial charge in [0, 0.05) is 14.6 Å². The van der Waals surface area contributed by atoms with E-state index in [0.29, 0.717) is 0 Å². The SMILES string of the molecule is NCCCNCc1cc(Br)ccc1I. The Balaban J connectivity index is 2.45. The lowest BCUT2D eigenvalue weighted by molar-refractivity contribution is 0.654. The maximum Gasteiger partial charge on any atom is 0.0216 e. The Hall–Kier alpha value is 0.350. The summed E-state index contributed by atoms with van der Waals surface area (Å²) in [5.74, 6) is 0. The fraction of sp³-hybridized carbons (Fsp3) is 0.400. The molecule has 0 fully saturated rings. The summed E-state index contributed by atoms with van der Waals surface area (Å²) in [6.45, 7) is 2.65. The van der Waals surface area contributed by atoms with E-state index < -0.39 is 0 Å². The van der Waals surface area contributed by atoms with E-state index in [9.17, 15) is 0 Å². The van der Waals surface area contributed by atoms with Crippen LogP contribution in [0.5, 0.6) is 0 Å². The van der Waals surface area contributed by atoms with Crippen LogP contribution < -0.4 is 11.1 Å². The second-order valence-electron chi connectivity index (χ2n) is 3.05. The van der Waals surface area contributed by atoms with Crippen molar-refractivity contribution in [3.8, 4) is 0 Å². The van der Waals surface area contributed by atoms with Gasteiger partial charge in [-0.15, -0.1) is 0 Å². The smallest absolute Gasteiger partial charge is 0.0216 e. The molecule has 0 aliphatic heterocycles. The van der Waals surface area contributed by atoms with Gasteiger partial charge in [0.1, 0.15) is 0 Å². The summed E-state index contributed by atoms with van der Waals surface area (Å²) in [5, 5.41) is 3.37. The van der Waals surface area contributed by atoms with Gasteiger partial charge >= 0.3 is 0 Å². The van der Waals surface area contributed by atoms with Crippen LogP contribution in [0.3, 0.4) is 0 Å². The molecule has 1 aromatic carbocycles. The number of hydrogen-bond donors (Lipinski definition) is 2. The van der Waals surface area contributed by atoms with Crippen molar-refractivity contribution in [3.05, 3.63) is 31.8 Å². The first-order chi connectivity index (χ1) is 6.74. The Morgan fingerprint density at radius 3 is 2.93 bits per heavy atom. The van der Waals surface area contributed by atoms with E-state index in [1.165, 1.54) is 9.13 Å². The molecular formula is C10H14BrIN2. The van der Waals surface area contributed by atoms with E-state index in [-0.39, 0.29) is 0 Å². The molecule has 0 aliphatic carbocycles. The number of nitrogens with two attached hydrogens (primary N) is 1. The Bertz CT molecular complexity index is 291. The topological polar surface area (TPSA) is 38.0 Å². The van der Waals surface area contributed by atoms with Gasteiger partial charge in [0.05, 0.1) is 0 Å². The molecule has 4 heteroatoms. The molecule has 1 aromatic rings. The third kappa shape index (κ3) is 4.25. The zero-order valence-electron chi connectivity index (χ0n) is 7.89. The number of benzene rings is 1. The van der Waals surface area contributed by atoms with E-state index in [0.717, 1.165) is 30.5 Å². The van der Waals surface area contributed by atoms with Crippen molar-refractivity contribution in [3.63, 3.8) is 0 Å². The van der Waals surface area contributed by atoms with Gasteiger partial charge in [0.25, 0.3) is 0 Å². The number of rotatable bonds is 5. The van der Waals surface area contributed by atoms with Crippen LogP contribution >= 0.6 is 38.5 Å². The first-order valence-corrected chi connectivity index (χ1v) is 6.46. The van der Waals surface area contributed by atoms with Gasteiger partial charge in [-0.2, -0.15) is 0 Å². The van der Waals surface area contributed by atoms with Crippen molar-refractivity contribution >= 4 is 38.5 Å². The predicted molar refractivity (Wildman–Crippen MR) is 72.2 cm³/mol. The second kappa shape index (κ2) is 6.76. The Morgan fingerprint density at radius 1 is 1.43 bits per heavy atom. The van der Waals surface area contributed by atoms with Crippen LogP contribution in [0.25, 0.3) is 0 Å². The van der Waals surface area contributed by atoms with Gasteiger partial charge in [0.2, 0.25) is 0 Å². The zero-order chi connectivity index (χ0) is 10.4. The monoisotopic (exact) mass is 368 g/mol. The molecule has 0 heterocycles. The summed E-state index contributed by atoms with van der Waals surface area (Å²) >= 11 is 5.82. The number of halogens is 2. The van der Waals surface area contributed by atoms with Crippen LogP contribution in [-0.4, -0.2) is 13.1 Å². The maximum atomic E-state index is 5.41. The van der Waals surface area contributed by atoms with Gasteiger partial charge in [-0.3, -0.25) is 0 Å². The highest BCUT2D eigenvalue weighted by molar-refractivity contribution is 14.1. The molecule has 0 bridgehead atoms. The lowest BCUT2D eigenvalue weighted by Crippen LogP contribution is -2.18. The Kier molecular flexibility index (Phi) is 6.00. The lowest BCUT2D eigenvalue weighted by atomic mass is 10.2. The predicted octanol–water partition coefficient (Wildman–Crippen LogP) is 2.49. The standard InChI is InChI=1S/C10H14BrIN2/c11-9-2-3-10(12)8(6-9)7-14-5-1-4-13/h2-3,6,14H,1,4-5,7,13H2. The minimum Gasteiger partial charge on any atom is -0.330 e. The summed E-state index contributed by atoms with van der Waals surface area (Å²) in [7, 11) is 0. The first kappa shape index (κ1) is 12.4. The molecular weight excluding hydrogens is 355 g/mol. The van der Waals surface area contributed by atoms with Crippen molar-refractivity contribution in [1.82, 2.24) is 5.32 Å². The number of hydrogen-bond acceptors (Lipinski definition) is 2. The minimum absolute atomic E-state index is 0.753. The molecule has 78 valence electrons. The molecule has 0 amide bonds. The minimum atomic E-state index is 0.753. The van der Waals surface area contributed by atoms with E-state index in [1.807, 2.05) is 0 Å². The zero-order valence-corrected chi connectivity index (χ0v) is 11.6. The average Bonchev–Trinajstić information content (AvgIpc) is 2.18. The summed E-state index contributed by atoms with van der Waals surface area (Å²) in [4.78, 5) is 0. The summed E-state index contributed by atoms with van der Waals surface area (Å²) in [6.07, 6.45) is 1.03. The highest BCUT2D eigenvalue weighted by Crippen LogP contribution is 2.18. The second-order valence-corrected chi connectivity index (χ2v) is 5.13. The van der Waals surface area contributed by atoms with Gasteiger partial charge in [-0.1, -0.05) is 15.9 Å². The molecule has 0 saturated carbocycles. The fourth-order valence-electron chi connectivity index (χ4n) is 1.13. The fourth-order valence-corrected chi connectivity index (χ4v) is 2.06. The summed E-state index contributed by atoms with van der Waals surface area (Å²) < 4.78 is 2.43. The quantitative estimate of drug-likeness (QED) is 0.619. The molecule has 2 nitrogen and oxygen atoms in total. The van der Waals surface area contributed by atoms with Crippen LogP contribution in [0, 0.1) is 3.57 Å². The first-order valence-electron chi connectivity index (χ1n) is 4.58. The molecule has 0 spiro atoms. The number of nitrogens with one attached hydrogen (secondary N) is 1. The highest BCUT2D eigenvalue weighted by atomic mass is 127. The van der Waals surface area contributed by atoms with Gasteiger partial charge in [-0.25, -0.2) is 0 Å². The van der Waals surface area contributed by atoms with Crippen molar-refractivity contribution in [2.24, 2.45) is 5.73 Å². The lowest BCUT2D eigenvalue weighted by Gasteiger charge is -2.06. The molecule has 3 N–H and O–H groups in total. The molecule has 0 aromatic heterocycles. The normalized spacial score (nSPS) is 10.5. The summed E-state index contributed by atoms with van der Waals surface area (Å²) in [5.41, 5.74) is 6.74. The van der Waals surface area contributed by atoms with Gasteiger partial charge in [-0.05, 0) is 65.9 Å². The molecule has 14 heavy (non-hydrogen) atoms. The van der Waals surface area contributed by atoms with E-state index in [1.54, 1.807) is 0 Å². The molecule has 0 aliphatic rings. The van der Waals surface area contributed by atoms with Crippen molar-refractivity contribution < 1.29 is 0 Å². The van der Waals surface area contributed by atoms with Crippen molar-refractivity contribution in [2.45, 2.75) is 13.0 Å². The molecule has 0 saturated heterocycles. The molecule has 0 unspecified atom stereocenters. The highest BCUT2D eigenvalue weighted by Gasteiger charge is 1.99. The molecule has 0 radical (unpaired) electrons.